The van der Waals surface area contributed by atoms with Gasteiger partial charge < -0.3 is 10.3 Å². The van der Waals surface area contributed by atoms with E-state index < -0.39 is 21.6 Å². The summed E-state index contributed by atoms with van der Waals surface area (Å²) in [7, 11) is -3.33. The van der Waals surface area contributed by atoms with Crippen LogP contribution >= 0.6 is 0 Å². The lowest BCUT2D eigenvalue weighted by atomic mass is 10.1. The predicted octanol–water partition coefficient (Wildman–Crippen LogP) is 3.48. The van der Waals surface area contributed by atoms with Gasteiger partial charge in [-0.05, 0) is 48.0 Å². The standard InChI is InChI=1S/C21H17FN2O3S/c1-28(26,27)15-5-2-4-13(10-15)12-24-18-9-8-14(22)11-17(18)20-16(21(23)25)6-3-7-19(20)24/h2-11H,12H2,1H3,(H2,23,25). The van der Waals surface area contributed by atoms with Crippen LogP contribution in [-0.4, -0.2) is 25.1 Å². The molecule has 1 heterocycles. The molecule has 0 bridgehead atoms. The zero-order valence-electron chi connectivity index (χ0n) is 15.0. The Morgan fingerprint density at radius 1 is 1.04 bits per heavy atom. The van der Waals surface area contributed by atoms with Crippen LogP contribution in [0.5, 0.6) is 0 Å². The van der Waals surface area contributed by atoms with Gasteiger partial charge in [-0.25, -0.2) is 12.8 Å². The summed E-state index contributed by atoms with van der Waals surface area (Å²) in [6.07, 6.45) is 1.16. The van der Waals surface area contributed by atoms with Gasteiger partial charge in [-0.15, -0.1) is 0 Å². The van der Waals surface area contributed by atoms with E-state index in [1.54, 1.807) is 36.4 Å². The second-order valence-electron chi connectivity index (χ2n) is 6.73. The van der Waals surface area contributed by atoms with Gasteiger partial charge >= 0.3 is 0 Å². The van der Waals surface area contributed by atoms with Crippen LogP contribution in [0.25, 0.3) is 21.8 Å². The maximum absolute atomic E-state index is 13.9. The maximum atomic E-state index is 13.9. The predicted molar refractivity (Wildman–Crippen MR) is 107 cm³/mol. The number of hydrogen-bond acceptors (Lipinski definition) is 3. The fourth-order valence-corrected chi connectivity index (χ4v) is 4.25. The highest BCUT2D eigenvalue weighted by Crippen LogP contribution is 2.33. The number of sulfone groups is 1. The van der Waals surface area contributed by atoms with E-state index in [4.69, 9.17) is 5.73 Å². The SMILES string of the molecule is CS(=O)(=O)c1cccc(Cn2c3ccc(F)cc3c3c(C(N)=O)cccc32)c1. The molecule has 0 radical (unpaired) electrons. The van der Waals surface area contributed by atoms with Crippen LogP contribution in [0.3, 0.4) is 0 Å². The summed E-state index contributed by atoms with van der Waals surface area (Å²) in [6, 6.07) is 16.2. The first kappa shape index (κ1) is 18.2. The summed E-state index contributed by atoms with van der Waals surface area (Å²) in [4.78, 5) is 12.1. The monoisotopic (exact) mass is 396 g/mol. The Bertz CT molecular complexity index is 1360. The van der Waals surface area contributed by atoms with Gasteiger partial charge in [-0.2, -0.15) is 0 Å². The largest absolute Gasteiger partial charge is 0.366 e. The van der Waals surface area contributed by atoms with Gasteiger partial charge in [0.1, 0.15) is 5.82 Å². The smallest absolute Gasteiger partial charge is 0.249 e. The first-order valence-corrected chi connectivity index (χ1v) is 10.4. The third-order valence-electron chi connectivity index (χ3n) is 4.78. The number of halogens is 1. The quantitative estimate of drug-likeness (QED) is 0.573. The molecule has 0 unspecified atom stereocenters. The number of nitrogens with two attached hydrogens (primary N) is 1. The highest BCUT2D eigenvalue weighted by atomic mass is 32.2. The van der Waals surface area contributed by atoms with Crippen molar-refractivity contribution in [2.24, 2.45) is 5.73 Å². The van der Waals surface area contributed by atoms with E-state index in [2.05, 4.69) is 0 Å². The van der Waals surface area contributed by atoms with Crippen molar-refractivity contribution in [2.75, 3.05) is 6.26 Å². The van der Waals surface area contributed by atoms with Gasteiger partial charge in [-0.1, -0.05) is 18.2 Å². The number of hydrogen-bond donors (Lipinski definition) is 1. The van der Waals surface area contributed by atoms with Gasteiger partial charge in [0.15, 0.2) is 9.84 Å². The molecular weight excluding hydrogens is 379 g/mol. The number of amides is 1. The lowest BCUT2D eigenvalue weighted by Gasteiger charge is -2.09. The zero-order chi connectivity index (χ0) is 20.1. The molecule has 0 saturated carbocycles. The van der Waals surface area contributed by atoms with Crippen LogP contribution in [0.15, 0.2) is 65.6 Å². The number of carbonyl (C=O) groups is 1. The van der Waals surface area contributed by atoms with Crippen molar-refractivity contribution in [3.05, 3.63) is 77.6 Å². The molecule has 2 N–H and O–H groups in total. The van der Waals surface area contributed by atoms with Gasteiger partial charge in [0.25, 0.3) is 0 Å². The molecule has 28 heavy (non-hydrogen) atoms. The molecule has 3 aromatic carbocycles. The minimum atomic E-state index is -3.33. The highest BCUT2D eigenvalue weighted by Gasteiger charge is 2.17. The van der Waals surface area contributed by atoms with Crippen LogP contribution in [0.1, 0.15) is 15.9 Å². The van der Waals surface area contributed by atoms with E-state index in [9.17, 15) is 17.6 Å². The molecule has 0 spiro atoms. The third kappa shape index (κ3) is 3.03. The topological polar surface area (TPSA) is 82.2 Å². The summed E-state index contributed by atoms with van der Waals surface area (Å²) in [5.74, 6) is -1.00. The van der Waals surface area contributed by atoms with E-state index in [0.29, 0.717) is 22.9 Å². The Morgan fingerprint density at radius 3 is 2.50 bits per heavy atom. The number of primary amides is 1. The summed E-state index contributed by atoms with van der Waals surface area (Å²) < 4.78 is 39.6. The molecule has 142 valence electrons. The van der Waals surface area contributed by atoms with Crippen molar-refractivity contribution in [1.29, 1.82) is 0 Å². The fourth-order valence-electron chi connectivity index (χ4n) is 3.55. The summed E-state index contributed by atoms with van der Waals surface area (Å²) >= 11 is 0. The van der Waals surface area contributed by atoms with Crippen molar-refractivity contribution in [1.82, 2.24) is 4.57 Å². The molecule has 1 aromatic heterocycles. The lowest BCUT2D eigenvalue weighted by molar-refractivity contribution is 0.100. The number of benzene rings is 3. The van der Waals surface area contributed by atoms with E-state index in [0.717, 1.165) is 22.9 Å². The third-order valence-corrected chi connectivity index (χ3v) is 5.89. The molecule has 4 rings (SSSR count). The van der Waals surface area contributed by atoms with Crippen LogP contribution in [0.2, 0.25) is 0 Å². The van der Waals surface area contributed by atoms with Gasteiger partial charge in [0.05, 0.1) is 10.4 Å². The second-order valence-corrected chi connectivity index (χ2v) is 8.75. The second kappa shape index (κ2) is 6.45. The molecule has 0 aliphatic carbocycles. The van der Waals surface area contributed by atoms with Crippen molar-refractivity contribution in [3.8, 4) is 0 Å². The average molecular weight is 396 g/mol. The number of carbonyl (C=O) groups excluding carboxylic acids is 1. The summed E-state index contributed by atoms with van der Waals surface area (Å²) in [5.41, 5.74) is 8.08. The number of fused-ring (bicyclic) bond motifs is 3. The van der Waals surface area contributed by atoms with Crippen LogP contribution in [-0.2, 0) is 16.4 Å². The molecule has 5 nitrogen and oxygen atoms in total. The van der Waals surface area contributed by atoms with E-state index in [1.807, 2.05) is 16.7 Å². The van der Waals surface area contributed by atoms with Crippen LogP contribution in [0.4, 0.5) is 4.39 Å². The molecule has 4 aromatic rings. The van der Waals surface area contributed by atoms with E-state index >= 15 is 0 Å². The van der Waals surface area contributed by atoms with E-state index in [-0.39, 0.29) is 4.90 Å². The van der Waals surface area contributed by atoms with Gasteiger partial charge in [0, 0.05) is 34.7 Å². The number of aromatic nitrogens is 1. The minimum absolute atomic E-state index is 0.231. The van der Waals surface area contributed by atoms with Crippen molar-refractivity contribution in [3.63, 3.8) is 0 Å². The number of nitrogens with zero attached hydrogens (tertiary/aromatic N) is 1. The maximum Gasteiger partial charge on any atom is 0.249 e. The molecule has 1 amide bonds. The lowest BCUT2D eigenvalue weighted by Crippen LogP contribution is -2.11. The zero-order valence-corrected chi connectivity index (χ0v) is 15.8. The van der Waals surface area contributed by atoms with Crippen LogP contribution < -0.4 is 5.73 Å². The summed E-state index contributed by atoms with van der Waals surface area (Å²) in [5, 5.41) is 1.17. The molecule has 0 saturated heterocycles. The Morgan fingerprint density at radius 2 is 1.79 bits per heavy atom. The molecular formula is C21H17FN2O3S. The molecule has 0 aliphatic rings. The molecule has 0 fully saturated rings. The Labute approximate surface area is 161 Å². The Hall–Kier alpha value is -3.19. The first-order valence-electron chi connectivity index (χ1n) is 8.55. The average Bonchev–Trinajstić information content (AvgIpc) is 2.94. The molecule has 0 aliphatic heterocycles. The minimum Gasteiger partial charge on any atom is -0.366 e. The highest BCUT2D eigenvalue weighted by molar-refractivity contribution is 7.90. The fraction of sp³-hybridized carbons (Fsp3) is 0.0952. The Kier molecular flexibility index (Phi) is 4.19. The normalized spacial score (nSPS) is 11.9. The van der Waals surface area contributed by atoms with Crippen LogP contribution in [0, 0.1) is 5.82 Å². The van der Waals surface area contributed by atoms with Crippen molar-refractivity contribution >= 4 is 37.6 Å². The van der Waals surface area contributed by atoms with Crippen molar-refractivity contribution < 1.29 is 17.6 Å². The van der Waals surface area contributed by atoms with Gasteiger partial charge in [0.2, 0.25) is 5.91 Å². The number of rotatable bonds is 4. The van der Waals surface area contributed by atoms with E-state index in [1.165, 1.54) is 12.1 Å². The molecule has 7 heteroatoms. The summed E-state index contributed by atoms with van der Waals surface area (Å²) in [6.45, 7) is 0.358. The first-order chi connectivity index (χ1) is 13.3. The molecule has 0 atom stereocenters. The van der Waals surface area contributed by atoms with Crippen molar-refractivity contribution in [2.45, 2.75) is 11.4 Å². The van der Waals surface area contributed by atoms with Gasteiger partial charge in [-0.3, -0.25) is 4.79 Å². The Balaban J connectivity index is 1.99.